The molecule has 35 heavy (non-hydrogen) atoms. The van der Waals surface area contributed by atoms with E-state index in [-0.39, 0.29) is 0 Å². The molecule has 0 saturated carbocycles. The van der Waals surface area contributed by atoms with Crippen LogP contribution in [0.5, 0.6) is 0 Å². The molecule has 8 heteroatoms. The maximum atomic E-state index is 7.50. The van der Waals surface area contributed by atoms with Crippen LogP contribution in [0.2, 0.25) is 0 Å². The van der Waals surface area contributed by atoms with Crippen molar-refractivity contribution in [2.24, 2.45) is 0 Å². The molecule has 0 aliphatic heterocycles. The van der Waals surface area contributed by atoms with E-state index in [0.29, 0.717) is 6.61 Å². The first-order valence-electron chi connectivity index (χ1n) is 9.56. The average molecular weight is 511 g/mol. The second-order valence-electron chi connectivity index (χ2n) is 6.35. The molecule has 0 fully saturated rings. The first-order chi connectivity index (χ1) is 17.1. The normalized spacial score (nSPS) is 7.91. The number of nitrogens with zero attached hydrogens (tertiary/aromatic N) is 1. The van der Waals surface area contributed by atoms with Crippen LogP contribution < -0.4 is 0 Å². The predicted octanol–water partition coefficient (Wildman–Crippen LogP) is 4.30. The molecule has 2 aromatic carbocycles. The molecule has 0 N–H and O–H groups in total. The summed E-state index contributed by atoms with van der Waals surface area (Å²) in [6.45, 7) is 30.9. The second kappa shape index (κ2) is 28.9. The van der Waals surface area contributed by atoms with Crippen LogP contribution in [0, 0.1) is 33.3 Å². The first-order valence-corrected chi connectivity index (χ1v) is 10.2. The molecule has 0 bridgehead atoms. The number of benzene rings is 2. The zero-order chi connectivity index (χ0) is 28.1. The summed E-state index contributed by atoms with van der Waals surface area (Å²) in [6, 6.07) is 21.0. The Kier molecular flexibility index (Phi) is 32.3. The van der Waals surface area contributed by atoms with Gasteiger partial charge < -0.3 is 0 Å². The molecule has 0 heterocycles. The Morgan fingerprint density at radius 1 is 0.771 bits per heavy atom. The average Bonchev–Trinajstić information content (AvgIpc) is 2.94. The fourth-order valence-electron chi connectivity index (χ4n) is 2.91. The molecular weight excluding hydrogens is 486 g/mol. The van der Waals surface area contributed by atoms with Gasteiger partial charge in [-0.05, 0) is 0 Å². The van der Waals surface area contributed by atoms with Gasteiger partial charge in [-0.25, -0.2) is 0 Å². The summed E-state index contributed by atoms with van der Waals surface area (Å²) in [6.07, 6.45) is 0. The van der Waals surface area contributed by atoms with Crippen molar-refractivity contribution in [3.05, 3.63) is 116 Å². The van der Waals surface area contributed by atoms with Gasteiger partial charge in [0.15, 0.2) is 0 Å². The van der Waals surface area contributed by atoms with E-state index in [0.717, 1.165) is 18.8 Å². The van der Waals surface area contributed by atoms with Crippen LogP contribution in [-0.4, -0.2) is 21.6 Å². The van der Waals surface area contributed by atoms with Crippen molar-refractivity contribution in [1.29, 1.82) is 0 Å². The van der Waals surface area contributed by atoms with E-state index in [1.165, 1.54) is 11.1 Å². The van der Waals surface area contributed by atoms with Gasteiger partial charge in [0.1, 0.15) is 0 Å². The number of hydrogen-bond acceptors (Lipinski definition) is 2. The van der Waals surface area contributed by atoms with Crippen molar-refractivity contribution in [3.63, 3.8) is 0 Å². The van der Waals surface area contributed by atoms with E-state index < -0.39 is 5.60 Å². The summed E-state index contributed by atoms with van der Waals surface area (Å²) in [5.74, 6) is 0. The molecule has 0 aliphatic carbocycles. The predicted molar refractivity (Wildman–Crippen MR) is 120 cm³/mol. The number of rotatable bonds is 8. The Labute approximate surface area is 215 Å². The van der Waals surface area contributed by atoms with Crippen molar-refractivity contribution in [3.8, 4) is 0 Å². The number of hydrogen-bond donors (Lipinski definition) is 0. The van der Waals surface area contributed by atoms with Crippen molar-refractivity contribution >= 4 is 4.54 Å². The van der Waals surface area contributed by atoms with E-state index in [4.69, 9.17) is 28.0 Å². The van der Waals surface area contributed by atoms with Crippen LogP contribution in [-0.2, 0) is 56.9 Å². The molecule has 0 radical (unpaired) electrons. The van der Waals surface area contributed by atoms with E-state index >= 15 is 0 Å². The molecule has 0 atom stereocenters. The second-order valence-corrected chi connectivity index (χ2v) is 6.67. The van der Waals surface area contributed by atoms with E-state index in [9.17, 15) is 0 Å². The monoisotopic (exact) mass is 511 g/mol. The Morgan fingerprint density at radius 2 is 1.11 bits per heavy atom. The number of ether oxygens (including phenoxy) is 1. The van der Waals surface area contributed by atoms with E-state index in [2.05, 4.69) is 127 Å². The minimum atomic E-state index is -0.449. The van der Waals surface area contributed by atoms with Crippen LogP contribution in [0.25, 0.3) is 0 Å². The fraction of sp³-hybridized carbons (Fsp3) is 0.259. The molecule has 0 aliphatic rings. The SMILES string of the molecule is CCOC(C)(C)C(=C=[C]=[Cr])N(Cc1ccccc1)Cc1ccccc1.[C-]#[O+].[C-]#[O+].[C-]#[O+].[C-]#[O+].[C-]#[O+]. The molecule has 0 amide bonds. The summed E-state index contributed by atoms with van der Waals surface area (Å²) >= 11 is 2.81. The van der Waals surface area contributed by atoms with Gasteiger partial charge in [0.25, 0.3) is 0 Å². The quantitative estimate of drug-likeness (QED) is 0.299. The molecule has 7 nitrogen and oxygen atoms in total. The first kappa shape index (κ1) is 39.1. The van der Waals surface area contributed by atoms with Gasteiger partial charge >= 0.3 is 216 Å². The molecular formula is C27H25CrNO6. The molecule has 2 aromatic rings. The summed E-state index contributed by atoms with van der Waals surface area (Å²) in [4.78, 5) is 2.31. The zero-order valence-corrected chi connectivity index (χ0v) is 21.0. The zero-order valence-electron chi connectivity index (χ0n) is 19.7. The van der Waals surface area contributed by atoms with Crippen molar-refractivity contribution in [2.75, 3.05) is 6.61 Å². The molecule has 2 rings (SSSR count). The van der Waals surface area contributed by atoms with Gasteiger partial charge in [0.2, 0.25) is 0 Å². The Hall–Kier alpha value is -3.14. The van der Waals surface area contributed by atoms with Crippen molar-refractivity contribution < 1.29 is 43.8 Å². The molecule has 0 aromatic heterocycles. The van der Waals surface area contributed by atoms with Crippen LogP contribution >= 0.6 is 0 Å². The molecule has 0 saturated heterocycles. The Morgan fingerprint density at radius 3 is 1.40 bits per heavy atom. The third-order valence-electron chi connectivity index (χ3n) is 3.99. The fourth-order valence-corrected chi connectivity index (χ4v) is 3.06. The molecule has 180 valence electrons. The Balaban J connectivity index is -0.000000426. The van der Waals surface area contributed by atoms with Gasteiger partial charge in [0, 0.05) is 0 Å². The molecule has 0 spiro atoms. The van der Waals surface area contributed by atoms with E-state index in [1.807, 2.05) is 19.1 Å². The van der Waals surface area contributed by atoms with Gasteiger partial charge in [-0.3, -0.25) is 0 Å². The third kappa shape index (κ3) is 17.9. The summed E-state index contributed by atoms with van der Waals surface area (Å²) < 4.78 is 46.5. The molecule has 0 unspecified atom stereocenters. The topological polar surface area (TPSA) is 112 Å². The summed E-state index contributed by atoms with van der Waals surface area (Å²) in [5.41, 5.74) is 6.31. The van der Waals surface area contributed by atoms with Gasteiger partial charge in [-0.15, -0.1) is 0 Å². The van der Waals surface area contributed by atoms with Crippen LogP contribution in [0.3, 0.4) is 0 Å². The third-order valence-corrected chi connectivity index (χ3v) is 4.15. The Bertz CT molecular complexity index is 889. The van der Waals surface area contributed by atoms with Crippen molar-refractivity contribution in [2.45, 2.75) is 39.5 Å². The van der Waals surface area contributed by atoms with Crippen LogP contribution in [0.4, 0.5) is 0 Å². The summed E-state index contributed by atoms with van der Waals surface area (Å²) in [7, 11) is 0. The summed E-state index contributed by atoms with van der Waals surface area (Å²) in [5, 5.41) is 0. The standard InChI is InChI=1S/C22H25NO.5CO.Cr/c1-5-21(22(3,4)24-6-2)23(17-19-13-9-7-10-14-19)18-20-15-11-8-12-16-20;5*1-2;/h7-16H,6,17-18H2,2-4H3;;;;;;. The van der Waals surface area contributed by atoms with Crippen LogP contribution in [0.15, 0.2) is 72.1 Å². The maximum absolute atomic E-state index is 7.50. The van der Waals surface area contributed by atoms with Gasteiger partial charge in [0.05, 0.1) is 0 Å². The van der Waals surface area contributed by atoms with Crippen molar-refractivity contribution in [1.82, 2.24) is 4.90 Å². The van der Waals surface area contributed by atoms with E-state index in [1.54, 1.807) is 0 Å². The van der Waals surface area contributed by atoms with Crippen LogP contribution in [0.1, 0.15) is 31.9 Å². The minimum absolute atomic E-state index is 0.449. The van der Waals surface area contributed by atoms with Gasteiger partial charge in [-0.1, -0.05) is 0 Å². The van der Waals surface area contributed by atoms with Gasteiger partial charge in [-0.2, -0.15) is 0 Å².